The first kappa shape index (κ1) is 24.2. The summed E-state index contributed by atoms with van der Waals surface area (Å²) in [5.41, 5.74) is 1.67. The summed E-state index contributed by atoms with van der Waals surface area (Å²) in [5, 5.41) is 13.8. The maximum Gasteiger partial charge on any atom is 0.224 e. The van der Waals surface area contributed by atoms with Crippen LogP contribution in [0, 0.1) is 0 Å². The Morgan fingerprint density at radius 3 is 2.57 bits per heavy atom. The molecule has 0 aliphatic heterocycles. The van der Waals surface area contributed by atoms with Gasteiger partial charge in [-0.3, -0.25) is 9.79 Å². The van der Waals surface area contributed by atoms with Crippen molar-refractivity contribution in [2.75, 3.05) is 18.9 Å². The summed E-state index contributed by atoms with van der Waals surface area (Å²) in [6.45, 7) is 5.26. The molecule has 9 heteroatoms. The number of amides is 1. The van der Waals surface area contributed by atoms with Gasteiger partial charge in [0.1, 0.15) is 0 Å². The fourth-order valence-corrected chi connectivity index (χ4v) is 2.41. The molecule has 2 rings (SSSR count). The summed E-state index contributed by atoms with van der Waals surface area (Å²) >= 11 is 5.83. The standard InChI is InChI=1S/C19H26ClN5O2.HI/c1-13(2)17-11-16(27-25-17)12-23-19(21-3)22-10-4-5-18(26)24-15-8-6-14(20)7-9-15;/h6-9,11,13H,4-5,10,12H2,1-3H3,(H,24,26)(H2,21,22,23);1H. The van der Waals surface area contributed by atoms with Gasteiger partial charge < -0.3 is 20.5 Å². The minimum atomic E-state index is -0.0371. The molecule has 0 bridgehead atoms. The summed E-state index contributed by atoms with van der Waals surface area (Å²) in [7, 11) is 1.70. The zero-order chi connectivity index (χ0) is 19.6. The van der Waals surface area contributed by atoms with Gasteiger partial charge in [-0.25, -0.2) is 0 Å². The molecule has 1 heterocycles. The second-order valence-electron chi connectivity index (χ2n) is 6.38. The maximum absolute atomic E-state index is 11.9. The average Bonchev–Trinajstić information content (AvgIpc) is 3.12. The van der Waals surface area contributed by atoms with Crippen LogP contribution in [-0.2, 0) is 11.3 Å². The van der Waals surface area contributed by atoms with E-state index in [1.807, 2.05) is 6.07 Å². The van der Waals surface area contributed by atoms with Crippen molar-refractivity contribution in [3.05, 3.63) is 46.8 Å². The van der Waals surface area contributed by atoms with E-state index in [9.17, 15) is 4.79 Å². The van der Waals surface area contributed by atoms with Gasteiger partial charge in [-0.05, 0) is 36.6 Å². The number of rotatable bonds is 8. The molecule has 1 aromatic carbocycles. The van der Waals surface area contributed by atoms with Crippen molar-refractivity contribution < 1.29 is 9.32 Å². The van der Waals surface area contributed by atoms with Crippen LogP contribution in [-0.4, -0.2) is 30.6 Å². The van der Waals surface area contributed by atoms with Gasteiger partial charge in [-0.15, -0.1) is 24.0 Å². The lowest BCUT2D eigenvalue weighted by Gasteiger charge is -2.10. The van der Waals surface area contributed by atoms with E-state index in [4.69, 9.17) is 16.1 Å². The average molecular weight is 520 g/mol. The molecular weight excluding hydrogens is 493 g/mol. The van der Waals surface area contributed by atoms with Gasteiger partial charge in [0.2, 0.25) is 5.91 Å². The van der Waals surface area contributed by atoms with Crippen molar-refractivity contribution in [2.24, 2.45) is 4.99 Å². The smallest absolute Gasteiger partial charge is 0.224 e. The van der Waals surface area contributed by atoms with E-state index in [1.54, 1.807) is 31.3 Å². The molecule has 1 amide bonds. The van der Waals surface area contributed by atoms with E-state index < -0.39 is 0 Å². The van der Waals surface area contributed by atoms with Gasteiger partial charge in [0.05, 0.1) is 12.2 Å². The number of hydrogen-bond donors (Lipinski definition) is 3. The minimum absolute atomic E-state index is 0. The molecule has 7 nitrogen and oxygen atoms in total. The SMILES string of the molecule is CN=C(NCCCC(=O)Nc1ccc(Cl)cc1)NCc1cc(C(C)C)no1.I. The monoisotopic (exact) mass is 519 g/mol. The number of halogens is 2. The van der Waals surface area contributed by atoms with Gasteiger partial charge >= 0.3 is 0 Å². The van der Waals surface area contributed by atoms with Crippen LogP contribution in [0.15, 0.2) is 39.8 Å². The fourth-order valence-electron chi connectivity index (χ4n) is 2.29. The topological polar surface area (TPSA) is 91.5 Å². The molecule has 0 spiro atoms. The second kappa shape index (κ2) is 12.6. The van der Waals surface area contributed by atoms with Crippen LogP contribution in [0.1, 0.15) is 44.1 Å². The lowest BCUT2D eigenvalue weighted by molar-refractivity contribution is -0.116. The number of aromatic nitrogens is 1. The van der Waals surface area contributed by atoms with Crippen molar-refractivity contribution in [1.29, 1.82) is 0 Å². The lowest BCUT2D eigenvalue weighted by atomic mass is 10.1. The third kappa shape index (κ3) is 8.47. The van der Waals surface area contributed by atoms with E-state index in [2.05, 4.69) is 39.9 Å². The van der Waals surface area contributed by atoms with Gasteiger partial charge in [0.25, 0.3) is 0 Å². The van der Waals surface area contributed by atoms with E-state index >= 15 is 0 Å². The first-order chi connectivity index (χ1) is 13.0. The summed E-state index contributed by atoms with van der Waals surface area (Å²) in [6.07, 6.45) is 1.09. The van der Waals surface area contributed by atoms with Crippen molar-refractivity contribution in [2.45, 2.75) is 39.2 Å². The van der Waals surface area contributed by atoms with Crippen LogP contribution >= 0.6 is 35.6 Å². The lowest BCUT2D eigenvalue weighted by Crippen LogP contribution is -2.37. The minimum Gasteiger partial charge on any atom is -0.359 e. The fraction of sp³-hybridized carbons (Fsp3) is 0.421. The number of guanidine groups is 1. The normalized spacial score (nSPS) is 11.1. The van der Waals surface area contributed by atoms with Crippen LogP contribution < -0.4 is 16.0 Å². The quantitative estimate of drug-likeness (QED) is 0.211. The van der Waals surface area contributed by atoms with Crippen LogP contribution in [0.2, 0.25) is 5.02 Å². The molecule has 2 aromatic rings. The Hall–Kier alpha value is -1.81. The first-order valence-electron chi connectivity index (χ1n) is 8.93. The van der Waals surface area contributed by atoms with Crippen molar-refractivity contribution in [3.63, 3.8) is 0 Å². The van der Waals surface area contributed by atoms with Gasteiger partial charge in [-0.2, -0.15) is 0 Å². The number of benzene rings is 1. The molecule has 0 saturated carbocycles. The number of nitrogens with zero attached hydrogens (tertiary/aromatic N) is 2. The Bertz CT molecular complexity index is 762. The predicted octanol–water partition coefficient (Wildman–Crippen LogP) is 4.15. The molecular formula is C19H27ClIN5O2. The molecule has 1 aromatic heterocycles. The molecule has 0 saturated heterocycles. The van der Waals surface area contributed by atoms with E-state index in [1.165, 1.54) is 0 Å². The Morgan fingerprint density at radius 1 is 1.25 bits per heavy atom. The third-order valence-corrected chi connectivity index (χ3v) is 4.08. The molecule has 0 unspecified atom stereocenters. The second-order valence-corrected chi connectivity index (χ2v) is 6.82. The molecule has 3 N–H and O–H groups in total. The molecule has 0 fully saturated rings. The summed E-state index contributed by atoms with van der Waals surface area (Å²) in [4.78, 5) is 16.1. The molecule has 0 aliphatic rings. The highest BCUT2D eigenvalue weighted by Gasteiger charge is 2.08. The van der Waals surface area contributed by atoms with E-state index in [0.29, 0.717) is 42.8 Å². The summed E-state index contributed by atoms with van der Waals surface area (Å²) in [5.74, 6) is 1.70. The molecule has 28 heavy (non-hydrogen) atoms. The van der Waals surface area contributed by atoms with Crippen LogP contribution in [0.4, 0.5) is 5.69 Å². The zero-order valence-electron chi connectivity index (χ0n) is 16.3. The maximum atomic E-state index is 11.9. The third-order valence-electron chi connectivity index (χ3n) is 3.82. The van der Waals surface area contributed by atoms with E-state index in [0.717, 1.165) is 17.1 Å². The van der Waals surface area contributed by atoms with Crippen molar-refractivity contribution >= 4 is 53.1 Å². The Balaban J connectivity index is 0.00000392. The summed E-state index contributed by atoms with van der Waals surface area (Å²) < 4.78 is 5.29. The first-order valence-corrected chi connectivity index (χ1v) is 9.31. The molecule has 0 radical (unpaired) electrons. The van der Waals surface area contributed by atoms with Crippen molar-refractivity contribution in [1.82, 2.24) is 15.8 Å². The van der Waals surface area contributed by atoms with Gasteiger partial charge in [0.15, 0.2) is 11.7 Å². The highest BCUT2D eigenvalue weighted by molar-refractivity contribution is 14.0. The highest BCUT2D eigenvalue weighted by Crippen LogP contribution is 2.14. The van der Waals surface area contributed by atoms with Crippen LogP contribution in [0.25, 0.3) is 0 Å². The van der Waals surface area contributed by atoms with Crippen LogP contribution in [0.5, 0.6) is 0 Å². The highest BCUT2D eigenvalue weighted by atomic mass is 127. The molecule has 154 valence electrons. The number of hydrogen-bond acceptors (Lipinski definition) is 4. The Morgan fingerprint density at radius 2 is 1.96 bits per heavy atom. The number of carbonyl (C=O) groups is 1. The van der Waals surface area contributed by atoms with E-state index in [-0.39, 0.29) is 29.9 Å². The number of carbonyl (C=O) groups excluding carboxylic acids is 1. The predicted molar refractivity (Wildman–Crippen MR) is 124 cm³/mol. The zero-order valence-corrected chi connectivity index (χ0v) is 19.4. The molecule has 0 aliphatic carbocycles. The Kier molecular flexibility index (Phi) is 10.9. The number of anilines is 1. The number of nitrogens with one attached hydrogen (secondary N) is 3. The van der Waals surface area contributed by atoms with Gasteiger partial charge in [-0.1, -0.05) is 30.6 Å². The summed E-state index contributed by atoms with van der Waals surface area (Å²) in [6, 6.07) is 8.98. The van der Waals surface area contributed by atoms with Crippen molar-refractivity contribution in [3.8, 4) is 0 Å². The number of aliphatic imine (C=N–C) groups is 1. The Labute approximate surface area is 187 Å². The molecule has 0 atom stereocenters. The van der Waals surface area contributed by atoms with Crippen LogP contribution in [0.3, 0.4) is 0 Å². The largest absolute Gasteiger partial charge is 0.359 e. The van der Waals surface area contributed by atoms with Gasteiger partial charge in [0, 0.05) is 36.8 Å².